The van der Waals surface area contributed by atoms with Gasteiger partial charge in [0, 0.05) is 30.1 Å². The van der Waals surface area contributed by atoms with E-state index in [0.29, 0.717) is 22.1 Å². The summed E-state index contributed by atoms with van der Waals surface area (Å²) in [5.41, 5.74) is 3.06. The Balaban J connectivity index is 1.95. The number of hydrogen-bond donors (Lipinski definition) is 1. The van der Waals surface area contributed by atoms with Crippen LogP contribution in [-0.4, -0.2) is 15.3 Å². The third-order valence-corrected chi connectivity index (χ3v) is 3.88. The van der Waals surface area contributed by atoms with Crippen molar-refractivity contribution in [1.82, 2.24) is 9.38 Å². The van der Waals surface area contributed by atoms with Gasteiger partial charge in [-0.2, -0.15) is 0 Å². The van der Waals surface area contributed by atoms with E-state index in [1.54, 1.807) is 16.7 Å². The van der Waals surface area contributed by atoms with Crippen LogP contribution in [0.5, 0.6) is 0 Å². The fraction of sp³-hybridized carbons (Fsp3) is 0.176. The maximum absolute atomic E-state index is 11.7. The monoisotopic (exact) mass is 347 g/mol. The first-order valence-corrected chi connectivity index (χ1v) is 8.06. The standard InChI is InChI=1S/C17H15Cl2N3O/c1-2-4-16(23)20-13-6-3-5-11(7-13)15-10-22-9-12(18)8-14(19)17(22)21-15/h3,5-10H,2,4H2,1H3,(H,20,23). The average Bonchev–Trinajstić information content (AvgIpc) is 2.92. The van der Waals surface area contributed by atoms with Gasteiger partial charge in [-0.25, -0.2) is 4.98 Å². The van der Waals surface area contributed by atoms with Gasteiger partial charge in [0.2, 0.25) is 5.91 Å². The highest BCUT2D eigenvalue weighted by atomic mass is 35.5. The van der Waals surface area contributed by atoms with E-state index in [-0.39, 0.29) is 5.91 Å². The van der Waals surface area contributed by atoms with Crippen LogP contribution in [0.3, 0.4) is 0 Å². The van der Waals surface area contributed by atoms with Crippen LogP contribution in [0.1, 0.15) is 19.8 Å². The number of nitrogens with one attached hydrogen (secondary N) is 1. The number of carbonyl (C=O) groups is 1. The Labute approximate surface area is 144 Å². The summed E-state index contributed by atoms with van der Waals surface area (Å²) >= 11 is 12.2. The van der Waals surface area contributed by atoms with Crippen molar-refractivity contribution in [3.8, 4) is 11.3 Å². The van der Waals surface area contributed by atoms with Crippen molar-refractivity contribution in [2.45, 2.75) is 19.8 Å². The molecule has 3 aromatic rings. The van der Waals surface area contributed by atoms with Crippen LogP contribution in [0.25, 0.3) is 16.9 Å². The van der Waals surface area contributed by atoms with E-state index in [0.717, 1.165) is 23.4 Å². The van der Waals surface area contributed by atoms with Gasteiger partial charge in [0.25, 0.3) is 0 Å². The molecule has 0 saturated carbocycles. The van der Waals surface area contributed by atoms with Crippen LogP contribution in [0.4, 0.5) is 5.69 Å². The van der Waals surface area contributed by atoms with Crippen molar-refractivity contribution in [3.05, 3.63) is 52.8 Å². The molecule has 0 aliphatic rings. The molecule has 6 heteroatoms. The normalized spacial score (nSPS) is 10.9. The third kappa shape index (κ3) is 3.49. The summed E-state index contributed by atoms with van der Waals surface area (Å²) in [7, 11) is 0. The average molecular weight is 348 g/mol. The molecule has 0 aliphatic carbocycles. The second kappa shape index (κ2) is 6.60. The zero-order chi connectivity index (χ0) is 16.4. The van der Waals surface area contributed by atoms with Crippen LogP contribution < -0.4 is 5.32 Å². The number of aromatic nitrogens is 2. The number of amides is 1. The van der Waals surface area contributed by atoms with Gasteiger partial charge in [-0.3, -0.25) is 4.79 Å². The topological polar surface area (TPSA) is 46.4 Å². The number of rotatable bonds is 4. The fourth-order valence-electron chi connectivity index (χ4n) is 2.37. The minimum atomic E-state index is 0.00878. The zero-order valence-corrected chi connectivity index (χ0v) is 14.0. The Bertz CT molecular complexity index is 873. The van der Waals surface area contributed by atoms with E-state index >= 15 is 0 Å². The van der Waals surface area contributed by atoms with Crippen molar-refractivity contribution >= 4 is 40.4 Å². The number of hydrogen-bond acceptors (Lipinski definition) is 2. The van der Waals surface area contributed by atoms with Gasteiger partial charge < -0.3 is 9.72 Å². The Morgan fingerprint density at radius 3 is 2.87 bits per heavy atom. The first kappa shape index (κ1) is 15.8. The molecule has 0 unspecified atom stereocenters. The van der Waals surface area contributed by atoms with E-state index in [2.05, 4.69) is 10.3 Å². The molecule has 0 atom stereocenters. The summed E-state index contributed by atoms with van der Waals surface area (Å²) < 4.78 is 1.79. The van der Waals surface area contributed by atoms with Crippen LogP contribution in [0, 0.1) is 0 Å². The van der Waals surface area contributed by atoms with E-state index in [4.69, 9.17) is 23.2 Å². The lowest BCUT2D eigenvalue weighted by Crippen LogP contribution is -2.10. The van der Waals surface area contributed by atoms with Gasteiger partial charge in [0.1, 0.15) is 0 Å². The molecular weight excluding hydrogens is 333 g/mol. The minimum Gasteiger partial charge on any atom is -0.326 e. The van der Waals surface area contributed by atoms with Gasteiger partial charge >= 0.3 is 0 Å². The molecule has 1 aromatic carbocycles. The number of benzene rings is 1. The lowest BCUT2D eigenvalue weighted by molar-refractivity contribution is -0.116. The summed E-state index contributed by atoms with van der Waals surface area (Å²) in [6, 6.07) is 9.24. The Morgan fingerprint density at radius 2 is 2.09 bits per heavy atom. The van der Waals surface area contributed by atoms with Gasteiger partial charge in [-0.1, -0.05) is 42.3 Å². The lowest BCUT2D eigenvalue weighted by atomic mass is 10.1. The smallest absolute Gasteiger partial charge is 0.224 e. The van der Waals surface area contributed by atoms with Crippen molar-refractivity contribution in [2.75, 3.05) is 5.32 Å². The number of halogens is 2. The molecule has 2 aromatic heterocycles. The number of anilines is 1. The van der Waals surface area contributed by atoms with E-state index < -0.39 is 0 Å². The number of nitrogens with zero attached hydrogens (tertiary/aromatic N) is 2. The largest absolute Gasteiger partial charge is 0.326 e. The van der Waals surface area contributed by atoms with E-state index in [9.17, 15) is 4.79 Å². The summed E-state index contributed by atoms with van der Waals surface area (Å²) in [5.74, 6) is 0.00878. The molecule has 0 spiro atoms. The van der Waals surface area contributed by atoms with Gasteiger partial charge in [-0.05, 0) is 24.6 Å². The molecule has 118 valence electrons. The summed E-state index contributed by atoms with van der Waals surface area (Å²) in [6.45, 7) is 1.97. The number of carbonyl (C=O) groups excluding carboxylic acids is 1. The molecule has 2 heterocycles. The highest BCUT2D eigenvalue weighted by Gasteiger charge is 2.09. The number of imidazole rings is 1. The first-order valence-electron chi connectivity index (χ1n) is 7.31. The van der Waals surface area contributed by atoms with Crippen LogP contribution >= 0.6 is 23.2 Å². The summed E-state index contributed by atoms with van der Waals surface area (Å²) in [4.78, 5) is 16.3. The van der Waals surface area contributed by atoms with Gasteiger partial charge in [0.05, 0.1) is 15.7 Å². The predicted molar refractivity (Wildman–Crippen MR) is 94.2 cm³/mol. The zero-order valence-electron chi connectivity index (χ0n) is 12.5. The third-order valence-electron chi connectivity index (χ3n) is 3.39. The van der Waals surface area contributed by atoms with Crippen LogP contribution in [0.2, 0.25) is 10.0 Å². The quantitative estimate of drug-likeness (QED) is 0.717. The number of fused-ring (bicyclic) bond motifs is 1. The van der Waals surface area contributed by atoms with Crippen molar-refractivity contribution in [2.24, 2.45) is 0 Å². The van der Waals surface area contributed by atoms with Crippen molar-refractivity contribution in [3.63, 3.8) is 0 Å². The Hall–Kier alpha value is -2.04. The molecule has 0 saturated heterocycles. The molecule has 0 fully saturated rings. The van der Waals surface area contributed by atoms with Crippen molar-refractivity contribution in [1.29, 1.82) is 0 Å². The molecule has 23 heavy (non-hydrogen) atoms. The molecule has 1 N–H and O–H groups in total. The molecule has 0 aliphatic heterocycles. The molecular formula is C17H15Cl2N3O. The molecule has 1 amide bonds. The van der Waals surface area contributed by atoms with Crippen molar-refractivity contribution < 1.29 is 4.79 Å². The van der Waals surface area contributed by atoms with Gasteiger partial charge in [0.15, 0.2) is 5.65 Å². The van der Waals surface area contributed by atoms with Gasteiger partial charge in [-0.15, -0.1) is 0 Å². The fourth-order valence-corrected chi connectivity index (χ4v) is 2.90. The highest BCUT2D eigenvalue weighted by molar-refractivity contribution is 6.36. The Morgan fingerprint density at radius 1 is 1.26 bits per heavy atom. The van der Waals surface area contributed by atoms with E-state index in [1.165, 1.54) is 0 Å². The molecule has 3 rings (SSSR count). The van der Waals surface area contributed by atoms with E-state index in [1.807, 2.05) is 37.4 Å². The maximum atomic E-state index is 11.7. The SMILES string of the molecule is CCCC(=O)Nc1cccc(-c2cn3cc(Cl)cc(Cl)c3n2)c1. The lowest BCUT2D eigenvalue weighted by Gasteiger charge is -2.05. The molecule has 0 radical (unpaired) electrons. The second-order valence-electron chi connectivity index (χ2n) is 5.24. The van der Waals surface area contributed by atoms with Crippen LogP contribution in [-0.2, 0) is 4.79 Å². The summed E-state index contributed by atoms with van der Waals surface area (Å²) in [6.07, 6.45) is 4.94. The Kier molecular flexibility index (Phi) is 4.55. The molecule has 0 bridgehead atoms. The molecule has 4 nitrogen and oxygen atoms in total. The predicted octanol–water partition coefficient (Wildman–Crippen LogP) is 5.05. The second-order valence-corrected chi connectivity index (χ2v) is 6.09. The van der Waals surface area contributed by atoms with Crippen LogP contribution in [0.15, 0.2) is 42.7 Å². The number of pyridine rings is 1. The minimum absolute atomic E-state index is 0.00878. The maximum Gasteiger partial charge on any atom is 0.224 e. The summed E-state index contributed by atoms with van der Waals surface area (Å²) in [5, 5.41) is 3.93. The first-order chi connectivity index (χ1) is 11.1. The highest BCUT2D eigenvalue weighted by Crippen LogP contribution is 2.27.